The van der Waals surface area contributed by atoms with E-state index in [1.807, 2.05) is 0 Å². The molecule has 0 saturated heterocycles. The molecular weight excluding hydrogens is 191 g/mol. The Balaban J connectivity index is 4.73. The van der Waals surface area contributed by atoms with E-state index in [1.165, 1.54) is 0 Å². The summed E-state index contributed by atoms with van der Waals surface area (Å²) in [6.45, 7) is 5.84. The molecule has 0 radical (unpaired) electrons. The van der Waals surface area contributed by atoms with E-state index in [-0.39, 0.29) is 0 Å². The molecule has 0 amide bonds. The summed E-state index contributed by atoms with van der Waals surface area (Å²) >= 11 is 0. The molecule has 0 saturated carbocycles. The monoisotopic (exact) mass is 205 g/mol. The SMILES string of the molecule is CC(=O)OC(C(F)C(=O)[O-])C(C)(C)C. The number of esters is 1. The molecule has 0 aliphatic rings. The molecule has 0 spiro atoms. The van der Waals surface area contributed by atoms with Crippen molar-refractivity contribution < 1.29 is 23.8 Å². The summed E-state index contributed by atoms with van der Waals surface area (Å²) in [5, 5.41) is 10.3. The fourth-order valence-corrected chi connectivity index (χ4v) is 0.978. The van der Waals surface area contributed by atoms with Crippen LogP contribution in [-0.4, -0.2) is 24.2 Å². The molecule has 5 heteroatoms. The molecule has 0 heterocycles. The first-order valence-electron chi connectivity index (χ1n) is 4.18. The maximum atomic E-state index is 13.1. The third kappa shape index (κ3) is 3.72. The Kier molecular flexibility index (Phi) is 4.04. The van der Waals surface area contributed by atoms with Gasteiger partial charge in [-0.1, -0.05) is 20.8 Å². The molecule has 0 aliphatic carbocycles. The Bertz CT molecular complexity index is 231. The highest BCUT2D eigenvalue weighted by Gasteiger charge is 2.36. The van der Waals surface area contributed by atoms with Gasteiger partial charge >= 0.3 is 5.97 Å². The van der Waals surface area contributed by atoms with Crippen LogP contribution in [0.3, 0.4) is 0 Å². The lowest BCUT2D eigenvalue weighted by Gasteiger charge is -2.32. The Morgan fingerprint density at radius 1 is 1.36 bits per heavy atom. The maximum absolute atomic E-state index is 13.1. The average Bonchev–Trinajstić information content (AvgIpc) is 1.96. The molecule has 0 N–H and O–H groups in total. The van der Waals surface area contributed by atoms with Crippen molar-refractivity contribution in [3.05, 3.63) is 0 Å². The Morgan fingerprint density at radius 2 is 1.79 bits per heavy atom. The molecule has 2 atom stereocenters. The minimum Gasteiger partial charge on any atom is -0.547 e. The number of carbonyl (C=O) groups is 2. The lowest BCUT2D eigenvalue weighted by atomic mass is 9.86. The van der Waals surface area contributed by atoms with Gasteiger partial charge < -0.3 is 14.6 Å². The molecular formula is C9H14FO4-. The van der Waals surface area contributed by atoms with E-state index in [4.69, 9.17) is 0 Å². The van der Waals surface area contributed by atoms with Crippen LogP contribution in [0.1, 0.15) is 27.7 Å². The highest BCUT2D eigenvalue weighted by Crippen LogP contribution is 2.26. The van der Waals surface area contributed by atoms with E-state index in [0.29, 0.717) is 0 Å². The molecule has 4 nitrogen and oxygen atoms in total. The van der Waals surface area contributed by atoms with Gasteiger partial charge in [0.1, 0.15) is 6.10 Å². The molecule has 0 bridgehead atoms. The number of carboxylic acids is 1. The van der Waals surface area contributed by atoms with Crippen LogP contribution in [-0.2, 0) is 14.3 Å². The van der Waals surface area contributed by atoms with E-state index in [2.05, 4.69) is 4.74 Å². The molecule has 0 aromatic carbocycles. The molecule has 0 aromatic rings. The molecule has 14 heavy (non-hydrogen) atoms. The van der Waals surface area contributed by atoms with Crippen LogP contribution in [0.5, 0.6) is 0 Å². The van der Waals surface area contributed by atoms with Gasteiger partial charge in [0, 0.05) is 12.3 Å². The quantitative estimate of drug-likeness (QED) is 0.611. The summed E-state index contributed by atoms with van der Waals surface area (Å²) in [6.07, 6.45) is -3.64. The van der Waals surface area contributed by atoms with Crippen LogP contribution in [0, 0.1) is 5.41 Å². The third-order valence-electron chi connectivity index (χ3n) is 1.64. The van der Waals surface area contributed by atoms with E-state index in [9.17, 15) is 19.1 Å². The number of hydrogen-bond acceptors (Lipinski definition) is 4. The Labute approximate surface area is 82.1 Å². The standard InChI is InChI=1S/C9H15FO4/c1-5(11)14-7(9(2,3)4)6(10)8(12)13/h6-7H,1-4H3,(H,12,13)/p-1. The van der Waals surface area contributed by atoms with Crippen LogP contribution >= 0.6 is 0 Å². The topological polar surface area (TPSA) is 66.4 Å². The first-order valence-corrected chi connectivity index (χ1v) is 4.18. The van der Waals surface area contributed by atoms with Gasteiger partial charge in [-0.25, -0.2) is 4.39 Å². The van der Waals surface area contributed by atoms with Gasteiger partial charge in [0.15, 0.2) is 6.17 Å². The zero-order valence-corrected chi connectivity index (χ0v) is 8.67. The van der Waals surface area contributed by atoms with Crippen LogP contribution in [0.2, 0.25) is 0 Å². The van der Waals surface area contributed by atoms with Crippen LogP contribution in [0.15, 0.2) is 0 Å². The number of rotatable bonds is 3. The Morgan fingerprint density at radius 3 is 2.00 bits per heavy atom. The normalized spacial score (nSPS) is 15.8. The van der Waals surface area contributed by atoms with E-state index in [1.54, 1.807) is 20.8 Å². The number of carboxylic acid groups (broad SMARTS) is 1. The van der Waals surface area contributed by atoms with Gasteiger partial charge in [-0.05, 0) is 0 Å². The number of halogens is 1. The zero-order valence-electron chi connectivity index (χ0n) is 8.67. The zero-order chi connectivity index (χ0) is 11.5. The minimum atomic E-state index is -2.31. The van der Waals surface area contributed by atoms with E-state index >= 15 is 0 Å². The van der Waals surface area contributed by atoms with Gasteiger partial charge in [0.25, 0.3) is 0 Å². The summed E-state index contributed by atoms with van der Waals surface area (Å²) in [7, 11) is 0. The Hall–Kier alpha value is -1.13. The second kappa shape index (κ2) is 4.39. The molecule has 82 valence electrons. The average molecular weight is 205 g/mol. The van der Waals surface area contributed by atoms with Crippen molar-refractivity contribution in [3.63, 3.8) is 0 Å². The molecule has 0 rings (SSSR count). The first kappa shape index (κ1) is 12.9. The van der Waals surface area contributed by atoms with Crippen LogP contribution < -0.4 is 5.11 Å². The predicted molar refractivity (Wildman–Crippen MR) is 44.9 cm³/mol. The number of ether oxygens (including phenoxy) is 1. The molecule has 2 unspecified atom stereocenters. The third-order valence-corrected chi connectivity index (χ3v) is 1.64. The number of hydrogen-bond donors (Lipinski definition) is 0. The molecule has 0 aliphatic heterocycles. The van der Waals surface area contributed by atoms with Crippen molar-refractivity contribution in [2.45, 2.75) is 40.0 Å². The summed E-state index contributed by atoms with van der Waals surface area (Å²) < 4.78 is 17.7. The lowest BCUT2D eigenvalue weighted by Crippen LogP contribution is -2.48. The van der Waals surface area contributed by atoms with E-state index < -0.39 is 29.6 Å². The van der Waals surface area contributed by atoms with Crippen molar-refractivity contribution >= 4 is 11.9 Å². The largest absolute Gasteiger partial charge is 0.547 e. The fourth-order valence-electron chi connectivity index (χ4n) is 0.978. The second-order valence-corrected chi connectivity index (χ2v) is 4.12. The highest BCUT2D eigenvalue weighted by atomic mass is 19.1. The van der Waals surface area contributed by atoms with Gasteiger partial charge in [0.2, 0.25) is 0 Å². The fraction of sp³-hybridized carbons (Fsp3) is 0.778. The summed E-state index contributed by atoms with van der Waals surface area (Å²) in [6, 6.07) is 0. The smallest absolute Gasteiger partial charge is 0.303 e. The van der Waals surface area contributed by atoms with Crippen molar-refractivity contribution in [3.8, 4) is 0 Å². The number of alkyl halides is 1. The van der Waals surface area contributed by atoms with Crippen molar-refractivity contribution in [1.29, 1.82) is 0 Å². The van der Waals surface area contributed by atoms with Crippen LogP contribution in [0.25, 0.3) is 0 Å². The molecule has 0 aromatic heterocycles. The molecule has 0 fully saturated rings. The van der Waals surface area contributed by atoms with Crippen molar-refractivity contribution in [2.75, 3.05) is 0 Å². The van der Waals surface area contributed by atoms with E-state index in [0.717, 1.165) is 6.92 Å². The summed E-state index contributed by atoms with van der Waals surface area (Å²) in [5.74, 6) is -2.58. The van der Waals surface area contributed by atoms with Gasteiger partial charge in [-0.15, -0.1) is 0 Å². The van der Waals surface area contributed by atoms with Gasteiger partial charge in [-0.2, -0.15) is 0 Å². The maximum Gasteiger partial charge on any atom is 0.303 e. The van der Waals surface area contributed by atoms with Gasteiger partial charge in [-0.3, -0.25) is 4.79 Å². The number of carbonyl (C=O) groups excluding carboxylic acids is 2. The summed E-state index contributed by atoms with van der Waals surface area (Å²) in [4.78, 5) is 20.9. The highest BCUT2D eigenvalue weighted by molar-refractivity contribution is 5.72. The first-order chi connectivity index (χ1) is 6.16. The van der Waals surface area contributed by atoms with Crippen molar-refractivity contribution in [2.24, 2.45) is 5.41 Å². The van der Waals surface area contributed by atoms with Gasteiger partial charge in [0.05, 0.1) is 5.97 Å². The lowest BCUT2D eigenvalue weighted by molar-refractivity contribution is -0.316. The number of aliphatic carboxylic acids is 1. The van der Waals surface area contributed by atoms with Crippen LogP contribution in [0.4, 0.5) is 4.39 Å². The second-order valence-electron chi connectivity index (χ2n) is 4.12. The minimum absolute atomic E-state index is 0.714. The van der Waals surface area contributed by atoms with Crippen molar-refractivity contribution in [1.82, 2.24) is 0 Å². The summed E-state index contributed by atoms with van der Waals surface area (Å²) in [5.41, 5.74) is -0.787. The predicted octanol–water partition coefficient (Wildman–Crippen LogP) is 0.0522.